The zero-order valence-electron chi connectivity index (χ0n) is 19.9. The molecule has 1 aliphatic carbocycles. The maximum absolute atomic E-state index is 13.4. The van der Waals surface area contributed by atoms with Crippen LogP contribution in [0.25, 0.3) is 0 Å². The van der Waals surface area contributed by atoms with Crippen LogP contribution in [0, 0.1) is 13.8 Å². The Hall–Kier alpha value is -2.62. The quantitative estimate of drug-likeness (QED) is 0.567. The summed E-state index contributed by atoms with van der Waals surface area (Å²) in [6.07, 6.45) is 7.38. The highest BCUT2D eigenvalue weighted by Gasteiger charge is 2.30. The Morgan fingerprint density at radius 1 is 0.906 bits per heavy atom. The van der Waals surface area contributed by atoms with Crippen LogP contribution in [-0.2, 0) is 22.6 Å². The van der Waals surface area contributed by atoms with Crippen molar-refractivity contribution in [1.82, 2.24) is 10.2 Å². The van der Waals surface area contributed by atoms with E-state index < -0.39 is 6.04 Å². The molecule has 0 saturated heterocycles. The molecule has 0 heterocycles. The van der Waals surface area contributed by atoms with Gasteiger partial charge in [-0.25, -0.2) is 0 Å². The normalized spacial score (nSPS) is 15.2. The van der Waals surface area contributed by atoms with E-state index in [1.165, 1.54) is 30.4 Å². The molecule has 0 aromatic heterocycles. The van der Waals surface area contributed by atoms with Crippen molar-refractivity contribution in [3.8, 4) is 0 Å². The topological polar surface area (TPSA) is 49.4 Å². The lowest BCUT2D eigenvalue weighted by Crippen LogP contribution is -2.51. The third-order valence-corrected chi connectivity index (χ3v) is 6.56. The minimum Gasteiger partial charge on any atom is -0.352 e. The number of benzene rings is 2. The summed E-state index contributed by atoms with van der Waals surface area (Å²) >= 11 is 0. The van der Waals surface area contributed by atoms with Crippen molar-refractivity contribution >= 4 is 11.8 Å². The molecule has 1 saturated carbocycles. The molecule has 0 unspecified atom stereocenters. The second-order valence-corrected chi connectivity index (χ2v) is 9.26. The summed E-state index contributed by atoms with van der Waals surface area (Å²) in [7, 11) is 0. The second-order valence-electron chi connectivity index (χ2n) is 9.26. The van der Waals surface area contributed by atoms with E-state index in [-0.39, 0.29) is 17.9 Å². The van der Waals surface area contributed by atoms with E-state index in [9.17, 15) is 9.59 Å². The first-order valence-electron chi connectivity index (χ1n) is 12.2. The molecule has 32 heavy (non-hydrogen) atoms. The van der Waals surface area contributed by atoms with E-state index in [2.05, 4.69) is 67.7 Å². The van der Waals surface area contributed by atoms with Gasteiger partial charge in [-0.2, -0.15) is 0 Å². The molecular formula is C28H38N2O2. The van der Waals surface area contributed by atoms with Crippen LogP contribution in [0.5, 0.6) is 0 Å². The number of nitrogens with one attached hydrogen (secondary N) is 1. The van der Waals surface area contributed by atoms with Gasteiger partial charge in [0.2, 0.25) is 11.8 Å². The van der Waals surface area contributed by atoms with Gasteiger partial charge in [0.05, 0.1) is 0 Å². The van der Waals surface area contributed by atoms with E-state index in [1.807, 2.05) is 6.92 Å². The molecule has 1 fully saturated rings. The number of carbonyl (C=O) groups excluding carboxylic acids is 2. The number of hydrogen-bond acceptors (Lipinski definition) is 2. The van der Waals surface area contributed by atoms with E-state index in [4.69, 9.17) is 0 Å². The summed E-state index contributed by atoms with van der Waals surface area (Å²) in [5.74, 6) is 0.0343. The monoisotopic (exact) mass is 434 g/mol. The van der Waals surface area contributed by atoms with Gasteiger partial charge in [0.1, 0.15) is 6.04 Å². The molecular weight excluding hydrogens is 396 g/mol. The van der Waals surface area contributed by atoms with Gasteiger partial charge in [0, 0.05) is 19.0 Å². The largest absolute Gasteiger partial charge is 0.352 e. The number of rotatable bonds is 9. The molecule has 2 aromatic carbocycles. The Labute approximate surface area is 193 Å². The van der Waals surface area contributed by atoms with Gasteiger partial charge in [0.15, 0.2) is 0 Å². The maximum Gasteiger partial charge on any atom is 0.243 e. The highest BCUT2D eigenvalue weighted by atomic mass is 16.2. The van der Waals surface area contributed by atoms with E-state index >= 15 is 0 Å². The Kier molecular flexibility index (Phi) is 8.90. The first-order valence-corrected chi connectivity index (χ1v) is 12.2. The van der Waals surface area contributed by atoms with Crippen molar-refractivity contribution in [1.29, 1.82) is 0 Å². The van der Waals surface area contributed by atoms with Crippen molar-refractivity contribution in [3.63, 3.8) is 0 Å². The number of amides is 2. The minimum atomic E-state index is -0.441. The Bertz CT molecular complexity index is 867. The smallest absolute Gasteiger partial charge is 0.243 e. The average molecular weight is 435 g/mol. The van der Waals surface area contributed by atoms with Crippen LogP contribution in [0.2, 0.25) is 0 Å². The number of nitrogens with zero attached hydrogens (tertiary/aromatic N) is 1. The maximum atomic E-state index is 13.4. The van der Waals surface area contributed by atoms with Crippen LogP contribution >= 0.6 is 0 Å². The molecule has 0 bridgehead atoms. The molecule has 4 nitrogen and oxygen atoms in total. The molecule has 1 atom stereocenters. The number of aryl methyl sites for hydroxylation is 3. The van der Waals surface area contributed by atoms with Gasteiger partial charge < -0.3 is 10.2 Å². The van der Waals surface area contributed by atoms with Crippen molar-refractivity contribution < 1.29 is 9.59 Å². The zero-order valence-corrected chi connectivity index (χ0v) is 19.9. The fourth-order valence-electron chi connectivity index (χ4n) is 4.50. The second kappa shape index (κ2) is 11.8. The lowest BCUT2D eigenvalue weighted by Gasteiger charge is -2.33. The summed E-state index contributed by atoms with van der Waals surface area (Å²) in [5, 5.41) is 3.25. The lowest BCUT2D eigenvalue weighted by atomic mass is 9.95. The average Bonchev–Trinajstić information content (AvgIpc) is 2.80. The summed E-state index contributed by atoms with van der Waals surface area (Å²) in [6, 6.07) is 16.4. The molecule has 0 spiro atoms. The van der Waals surface area contributed by atoms with Gasteiger partial charge >= 0.3 is 0 Å². The molecule has 0 aliphatic heterocycles. The van der Waals surface area contributed by atoms with Gasteiger partial charge in [-0.1, -0.05) is 85.8 Å². The highest BCUT2D eigenvalue weighted by Crippen LogP contribution is 2.20. The predicted octanol–water partition coefficient (Wildman–Crippen LogP) is 5.49. The van der Waals surface area contributed by atoms with Gasteiger partial charge in [-0.3, -0.25) is 9.59 Å². The fraction of sp³-hybridized carbons (Fsp3) is 0.500. The first-order chi connectivity index (χ1) is 15.5. The molecule has 2 aromatic rings. The van der Waals surface area contributed by atoms with Crippen LogP contribution in [0.3, 0.4) is 0 Å². The van der Waals surface area contributed by atoms with E-state index in [0.29, 0.717) is 25.8 Å². The van der Waals surface area contributed by atoms with Crippen molar-refractivity contribution in [2.45, 2.75) is 90.8 Å². The van der Waals surface area contributed by atoms with Gasteiger partial charge in [0.25, 0.3) is 0 Å². The summed E-state index contributed by atoms with van der Waals surface area (Å²) in [6.45, 7) is 6.58. The lowest BCUT2D eigenvalue weighted by molar-refractivity contribution is -0.141. The SMILES string of the molecule is CC[C@@H](C(=O)NC1CCCCC1)N(Cc1ccc(C)cc1)C(=O)CCc1ccc(C)cc1. The third-order valence-electron chi connectivity index (χ3n) is 6.56. The Balaban J connectivity index is 1.73. The number of carbonyl (C=O) groups is 2. The molecule has 2 amide bonds. The molecule has 4 heteroatoms. The van der Waals surface area contributed by atoms with Crippen molar-refractivity contribution in [2.24, 2.45) is 0 Å². The number of hydrogen-bond donors (Lipinski definition) is 1. The van der Waals surface area contributed by atoms with Crippen molar-refractivity contribution in [2.75, 3.05) is 0 Å². The van der Waals surface area contributed by atoms with Crippen LogP contribution in [0.15, 0.2) is 48.5 Å². The molecule has 0 radical (unpaired) electrons. The molecule has 1 aliphatic rings. The van der Waals surface area contributed by atoms with Crippen LogP contribution < -0.4 is 5.32 Å². The van der Waals surface area contributed by atoms with Gasteiger partial charge in [-0.15, -0.1) is 0 Å². The van der Waals surface area contributed by atoms with Crippen LogP contribution in [0.1, 0.15) is 74.1 Å². The van der Waals surface area contributed by atoms with E-state index in [0.717, 1.165) is 24.0 Å². The Morgan fingerprint density at radius 3 is 2.03 bits per heavy atom. The summed E-state index contributed by atoms with van der Waals surface area (Å²) in [5.41, 5.74) is 4.61. The van der Waals surface area contributed by atoms with Crippen molar-refractivity contribution in [3.05, 3.63) is 70.8 Å². The fourth-order valence-corrected chi connectivity index (χ4v) is 4.50. The van der Waals surface area contributed by atoms with E-state index in [1.54, 1.807) is 4.90 Å². The Morgan fingerprint density at radius 2 is 1.47 bits per heavy atom. The van der Waals surface area contributed by atoms with Gasteiger partial charge in [-0.05, 0) is 50.7 Å². The molecule has 1 N–H and O–H groups in total. The predicted molar refractivity (Wildman–Crippen MR) is 130 cm³/mol. The first kappa shape index (κ1) is 24.0. The third kappa shape index (κ3) is 6.94. The standard InChI is InChI=1S/C28H38N2O2/c1-4-26(28(32)29-25-8-6-5-7-9-25)30(20-24-16-12-22(3)13-17-24)27(31)19-18-23-14-10-21(2)11-15-23/h10-17,25-26H,4-9,18-20H2,1-3H3,(H,29,32)/t26-/m0/s1. The van der Waals surface area contributed by atoms with Crippen LogP contribution in [-0.4, -0.2) is 28.8 Å². The molecule has 172 valence electrons. The van der Waals surface area contributed by atoms with Crippen LogP contribution in [0.4, 0.5) is 0 Å². The highest BCUT2D eigenvalue weighted by molar-refractivity contribution is 5.88. The minimum absolute atomic E-state index is 0.00445. The summed E-state index contributed by atoms with van der Waals surface area (Å²) in [4.78, 5) is 28.4. The zero-order chi connectivity index (χ0) is 22.9. The molecule has 3 rings (SSSR count). The summed E-state index contributed by atoms with van der Waals surface area (Å²) < 4.78 is 0.